The largest absolute Gasteiger partial charge is 0.445 e. The number of para-hydroxylation sites is 1. The molecule has 1 heterocycles. The number of H-pyrrole nitrogens is 1. The molecule has 0 radical (unpaired) electrons. The summed E-state index contributed by atoms with van der Waals surface area (Å²) in [7, 11) is 0. The third-order valence-corrected chi connectivity index (χ3v) is 5.41. The molecule has 168 valence electrons. The van der Waals surface area contributed by atoms with Crippen LogP contribution in [-0.4, -0.2) is 23.0 Å². The molecule has 6 heteroatoms. The predicted octanol–water partition coefficient (Wildman–Crippen LogP) is 5.26. The lowest BCUT2D eigenvalue weighted by Crippen LogP contribution is -2.45. The van der Waals surface area contributed by atoms with Crippen LogP contribution in [0.4, 0.5) is 10.5 Å². The van der Waals surface area contributed by atoms with E-state index in [9.17, 15) is 9.59 Å². The van der Waals surface area contributed by atoms with Crippen LogP contribution in [0.15, 0.2) is 79.0 Å². The Morgan fingerprint density at radius 3 is 2.39 bits per heavy atom. The van der Waals surface area contributed by atoms with E-state index in [4.69, 9.17) is 4.74 Å². The first-order valence-electron chi connectivity index (χ1n) is 10.9. The summed E-state index contributed by atoms with van der Waals surface area (Å²) in [5.41, 5.74) is 5.59. The van der Waals surface area contributed by atoms with Crippen LogP contribution in [0.5, 0.6) is 0 Å². The number of nitrogens with one attached hydrogen (secondary N) is 3. The van der Waals surface area contributed by atoms with E-state index in [0.29, 0.717) is 12.1 Å². The topological polar surface area (TPSA) is 83.2 Å². The van der Waals surface area contributed by atoms with Crippen LogP contribution in [0.3, 0.4) is 0 Å². The van der Waals surface area contributed by atoms with Gasteiger partial charge in [-0.3, -0.25) is 4.79 Å². The summed E-state index contributed by atoms with van der Waals surface area (Å²) in [5.74, 6) is -0.304. The van der Waals surface area contributed by atoms with E-state index in [1.165, 1.54) is 0 Å². The Labute approximate surface area is 193 Å². The number of aryl methyl sites for hydroxylation is 2. The minimum absolute atomic E-state index is 0.130. The third kappa shape index (κ3) is 5.80. The van der Waals surface area contributed by atoms with Gasteiger partial charge in [0.15, 0.2) is 0 Å². The molecular formula is C27H27N3O3. The lowest BCUT2D eigenvalue weighted by Gasteiger charge is -2.19. The van der Waals surface area contributed by atoms with Gasteiger partial charge in [-0.05, 0) is 54.3 Å². The number of anilines is 1. The van der Waals surface area contributed by atoms with Gasteiger partial charge in [-0.15, -0.1) is 0 Å². The highest BCUT2D eigenvalue weighted by molar-refractivity contribution is 5.97. The predicted molar refractivity (Wildman–Crippen MR) is 130 cm³/mol. The smallest absolute Gasteiger partial charge is 0.408 e. The van der Waals surface area contributed by atoms with Crippen molar-refractivity contribution in [3.63, 3.8) is 0 Å². The fourth-order valence-electron chi connectivity index (χ4n) is 3.91. The second kappa shape index (κ2) is 10.0. The second-order valence-electron chi connectivity index (χ2n) is 8.19. The first kappa shape index (κ1) is 22.1. The number of alkyl carbamates (subject to hydrolysis) is 1. The average Bonchev–Trinajstić information content (AvgIpc) is 3.20. The number of rotatable bonds is 7. The highest BCUT2D eigenvalue weighted by atomic mass is 16.5. The van der Waals surface area contributed by atoms with Gasteiger partial charge in [0.2, 0.25) is 5.91 Å². The van der Waals surface area contributed by atoms with Crippen molar-refractivity contribution in [2.45, 2.75) is 32.9 Å². The molecule has 4 rings (SSSR count). The van der Waals surface area contributed by atoms with E-state index >= 15 is 0 Å². The van der Waals surface area contributed by atoms with Crippen LogP contribution in [0.2, 0.25) is 0 Å². The first-order valence-corrected chi connectivity index (χ1v) is 10.9. The quantitative estimate of drug-likeness (QED) is 0.366. The Morgan fingerprint density at radius 1 is 0.939 bits per heavy atom. The van der Waals surface area contributed by atoms with Gasteiger partial charge in [-0.2, -0.15) is 0 Å². The molecule has 3 N–H and O–H groups in total. The summed E-state index contributed by atoms with van der Waals surface area (Å²) in [6.07, 6.45) is 1.55. The van der Waals surface area contributed by atoms with Gasteiger partial charge in [0, 0.05) is 29.2 Å². The summed E-state index contributed by atoms with van der Waals surface area (Å²) < 4.78 is 5.37. The second-order valence-corrected chi connectivity index (χ2v) is 8.19. The first-order chi connectivity index (χ1) is 16.0. The number of aromatic nitrogens is 1. The fraction of sp³-hybridized carbons (Fsp3) is 0.185. The number of fused-ring (bicyclic) bond motifs is 1. The monoisotopic (exact) mass is 441 g/mol. The van der Waals surface area contributed by atoms with Crippen molar-refractivity contribution in [1.82, 2.24) is 10.3 Å². The molecule has 0 saturated heterocycles. The molecule has 0 spiro atoms. The van der Waals surface area contributed by atoms with E-state index in [1.54, 1.807) is 0 Å². The van der Waals surface area contributed by atoms with Gasteiger partial charge in [0.1, 0.15) is 12.6 Å². The Hall–Kier alpha value is -4.06. The summed E-state index contributed by atoms with van der Waals surface area (Å²) in [5, 5.41) is 6.71. The third-order valence-electron chi connectivity index (χ3n) is 5.41. The summed E-state index contributed by atoms with van der Waals surface area (Å²) in [4.78, 5) is 29.0. The fourth-order valence-corrected chi connectivity index (χ4v) is 3.91. The van der Waals surface area contributed by atoms with Crippen molar-refractivity contribution < 1.29 is 14.3 Å². The summed E-state index contributed by atoms with van der Waals surface area (Å²) >= 11 is 0. The van der Waals surface area contributed by atoms with E-state index in [0.717, 1.165) is 33.2 Å². The van der Waals surface area contributed by atoms with Crippen molar-refractivity contribution in [2.24, 2.45) is 0 Å². The zero-order valence-electron chi connectivity index (χ0n) is 18.7. The van der Waals surface area contributed by atoms with E-state index in [2.05, 4.69) is 15.6 Å². The van der Waals surface area contributed by atoms with Crippen LogP contribution in [-0.2, 0) is 22.6 Å². The molecule has 0 unspecified atom stereocenters. The number of hydrogen-bond donors (Lipinski definition) is 3. The molecule has 0 bridgehead atoms. The van der Waals surface area contributed by atoms with Crippen LogP contribution in [0.25, 0.3) is 10.9 Å². The lowest BCUT2D eigenvalue weighted by atomic mass is 10.0. The van der Waals surface area contributed by atoms with Crippen LogP contribution in [0, 0.1) is 13.8 Å². The zero-order chi connectivity index (χ0) is 23.2. The summed E-state index contributed by atoms with van der Waals surface area (Å²) in [6.45, 7) is 4.09. The molecule has 0 saturated carbocycles. The van der Waals surface area contributed by atoms with Gasteiger partial charge in [0.05, 0.1) is 0 Å². The summed E-state index contributed by atoms with van der Waals surface area (Å²) in [6, 6.07) is 22.3. The Balaban J connectivity index is 1.51. The van der Waals surface area contributed by atoms with Crippen LogP contribution >= 0.6 is 0 Å². The Bertz CT molecular complexity index is 1240. The number of amides is 2. The van der Waals surface area contributed by atoms with Crippen molar-refractivity contribution in [3.05, 3.63) is 101 Å². The highest BCUT2D eigenvalue weighted by Crippen LogP contribution is 2.20. The minimum atomic E-state index is -0.812. The van der Waals surface area contributed by atoms with E-state index < -0.39 is 12.1 Å². The molecule has 6 nitrogen and oxygen atoms in total. The van der Waals surface area contributed by atoms with Gasteiger partial charge in [0.25, 0.3) is 0 Å². The average molecular weight is 442 g/mol. The molecule has 0 aliphatic rings. The normalized spacial score (nSPS) is 11.7. The van der Waals surface area contributed by atoms with Crippen LogP contribution < -0.4 is 10.6 Å². The molecule has 33 heavy (non-hydrogen) atoms. The zero-order valence-corrected chi connectivity index (χ0v) is 18.7. The molecule has 0 fully saturated rings. The van der Waals surface area contributed by atoms with Gasteiger partial charge in [-0.25, -0.2) is 4.79 Å². The van der Waals surface area contributed by atoms with E-state index in [1.807, 2.05) is 92.8 Å². The van der Waals surface area contributed by atoms with Crippen molar-refractivity contribution in [2.75, 3.05) is 5.32 Å². The number of ether oxygens (including phenoxy) is 1. The maximum atomic E-state index is 13.2. The van der Waals surface area contributed by atoms with Crippen molar-refractivity contribution in [1.29, 1.82) is 0 Å². The Kier molecular flexibility index (Phi) is 6.74. The maximum Gasteiger partial charge on any atom is 0.408 e. The number of benzene rings is 3. The van der Waals surface area contributed by atoms with Gasteiger partial charge >= 0.3 is 6.09 Å². The molecule has 3 aromatic carbocycles. The highest BCUT2D eigenvalue weighted by Gasteiger charge is 2.24. The molecule has 1 aromatic heterocycles. The molecular weight excluding hydrogens is 414 g/mol. The molecule has 0 aliphatic heterocycles. The number of carbonyl (C=O) groups excluding carboxylic acids is 2. The number of aromatic amines is 1. The van der Waals surface area contributed by atoms with Crippen molar-refractivity contribution in [3.8, 4) is 0 Å². The maximum absolute atomic E-state index is 13.2. The molecule has 2 amide bonds. The van der Waals surface area contributed by atoms with Gasteiger partial charge in [-0.1, -0.05) is 54.6 Å². The molecule has 1 atom stereocenters. The van der Waals surface area contributed by atoms with E-state index in [-0.39, 0.29) is 12.5 Å². The van der Waals surface area contributed by atoms with Crippen molar-refractivity contribution >= 4 is 28.6 Å². The molecule has 4 aromatic rings. The lowest BCUT2D eigenvalue weighted by molar-refractivity contribution is -0.118. The SMILES string of the molecule is Cc1cc(C)cc(NC(=O)[C@@H](Cc2c[nH]c3ccccc23)NC(=O)OCc2ccccc2)c1. The number of hydrogen-bond acceptors (Lipinski definition) is 3. The molecule has 0 aliphatic carbocycles. The minimum Gasteiger partial charge on any atom is -0.445 e. The number of carbonyl (C=O) groups is 2. The van der Waals surface area contributed by atoms with Gasteiger partial charge < -0.3 is 20.4 Å². The standard InChI is InChI=1S/C27H27N3O3/c1-18-12-19(2)14-22(13-18)29-26(31)25(15-21-16-28-24-11-7-6-10-23(21)24)30-27(32)33-17-20-8-4-3-5-9-20/h3-14,16,25,28H,15,17H2,1-2H3,(H,29,31)(H,30,32)/t25-/m1/s1. The van der Waals surface area contributed by atoms with Crippen LogP contribution in [0.1, 0.15) is 22.3 Å². The Morgan fingerprint density at radius 2 is 1.64 bits per heavy atom.